The van der Waals surface area contributed by atoms with Gasteiger partial charge in [-0.05, 0) is 66.5 Å². The normalized spacial score (nSPS) is 18.4. The number of amides is 3. The van der Waals surface area contributed by atoms with Gasteiger partial charge in [0.1, 0.15) is 17.7 Å². The number of hydrogen-bond acceptors (Lipinski definition) is 8. The first kappa shape index (κ1) is 37.4. The topological polar surface area (TPSA) is 186 Å². The Morgan fingerprint density at radius 1 is 0.836 bits per heavy atom. The van der Waals surface area contributed by atoms with Gasteiger partial charge in [-0.2, -0.15) is 5.10 Å². The first-order chi connectivity index (χ1) is 26.7. The molecule has 15 heteroatoms. The van der Waals surface area contributed by atoms with Crippen LogP contribution in [0.3, 0.4) is 0 Å². The summed E-state index contributed by atoms with van der Waals surface area (Å²) in [6.45, 7) is 6.37. The average Bonchev–Trinajstić information content (AvgIpc) is 4.03. The second kappa shape index (κ2) is 16.6. The summed E-state index contributed by atoms with van der Waals surface area (Å²) in [6.07, 6.45) is 8.97. The number of imidazole rings is 2. The molecule has 2 aliphatic heterocycles. The van der Waals surface area contributed by atoms with E-state index in [0.717, 1.165) is 71.7 Å². The van der Waals surface area contributed by atoms with Gasteiger partial charge in [-0.15, -0.1) is 0 Å². The highest BCUT2D eigenvalue weighted by atomic mass is 16.5. The zero-order valence-corrected chi connectivity index (χ0v) is 31.3. The first-order valence-electron chi connectivity index (χ1n) is 18.8. The molecule has 2 aliphatic rings. The Balaban J connectivity index is 0.993. The summed E-state index contributed by atoms with van der Waals surface area (Å²) in [6, 6.07) is 17.3. The van der Waals surface area contributed by atoms with Crippen LogP contribution < -0.4 is 10.6 Å². The lowest BCUT2D eigenvalue weighted by Crippen LogP contribution is -2.50. The molecule has 0 aliphatic carbocycles. The van der Waals surface area contributed by atoms with Crippen molar-refractivity contribution in [2.45, 2.75) is 70.2 Å². The molecule has 3 amide bonds. The van der Waals surface area contributed by atoms with Gasteiger partial charge in [0.25, 0.3) is 0 Å². The van der Waals surface area contributed by atoms with Crippen molar-refractivity contribution in [1.29, 1.82) is 0 Å². The maximum atomic E-state index is 13.8. The quantitative estimate of drug-likeness (QED) is 0.0985. The Labute approximate surface area is 319 Å². The molecule has 7 rings (SSSR count). The molecule has 0 unspecified atom stereocenters. The van der Waals surface area contributed by atoms with E-state index in [9.17, 15) is 19.5 Å². The number of aromatic amines is 2. The van der Waals surface area contributed by atoms with E-state index in [-0.39, 0.29) is 36.5 Å². The third-order valence-corrected chi connectivity index (χ3v) is 10.7. The number of nitrogens with one attached hydrogen (secondary N) is 4. The van der Waals surface area contributed by atoms with Crippen molar-refractivity contribution in [3.63, 3.8) is 0 Å². The van der Waals surface area contributed by atoms with Crippen LogP contribution in [0.5, 0.6) is 0 Å². The number of H-pyrrole nitrogens is 2. The summed E-state index contributed by atoms with van der Waals surface area (Å²) in [5, 5.41) is 18.9. The molecule has 5 heterocycles. The maximum absolute atomic E-state index is 13.8. The van der Waals surface area contributed by atoms with Gasteiger partial charge >= 0.3 is 12.2 Å². The number of rotatable bonds is 13. The molecule has 0 saturated carbocycles. The Bertz CT molecular complexity index is 2060. The molecular formula is C40H48N10O5. The van der Waals surface area contributed by atoms with Crippen molar-refractivity contribution >= 4 is 18.1 Å². The number of hydrogen-bond donors (Lipinski definition) is 5. The lowest BCUT2D eigenvalue weighted by atomic mass is 10.0. The predicted octanol–water partition coefficient (Wildman–Crippen LogP) is 5.85. The minimum Gasteiger partial charge on any atom is -0.465 e. The van der Waals surface area contributed by atoms with Crippen LogP contribution in [0.25, 0.3) is 33.6 Å². The standard InChI is InChI=1S/C40H48N10O5/c1-25(2)32(46-39(52)53)23-48-18-4-7-34(48)36-41-21-30(44-36)28-13-9-26(10-14-28)27-11-15-29(16-12-27)31-22-42-37(45-31)35-8-5-20-50(35)38(51)33(47-40(54)55-3)24-49-19-6-17-43-49/h6,9-17,19,21-22,25,32-35,46H,4-5,7-8,18,20,23-24H2,1-3H3,(H,41,44)(H,42,45)(H,47,54)(H,52,53)/t32-,33+,34+,35+/m1/s1. The van der Waals surface area contributed by atoms with E-state index in [1.165, 1.54) is 7.11 Å². The second-order valence-electron chi connectivity index (χ2n) is 14.6. The van der Waals surface area contributed by atoms with Crippen molar-refractivity contribution in [2.75, 3.05) is 26.7 Å². The molecule has 2 aromatic carbocycles. The van der Waals surface area contributed by atoms with Crippen LogP contribution in [-0.2, 0) is 16.1 Å². The summed E-state index contributed by atoms with van der Waals surface area (Å²) in [7, 11) is 1.27. The molecule has 2 fully saturated rings. The fourth-order valence-corrected chi connectivity index (χ4v) is 7.68. The van der Waals surface area contributed by atoms with Gasteiger partial charge in [0, 0.05) is 31.5 Å². The van der Waals surface area contributed by atoms with Crippen molar-refractivity contribution in [3.05, 3.63) is 91.0 Å². The number of likely N-dealkylation sites (tertiary alicyclic amines) is 2. The molecule has 15 nitrogen and oxygen atoms in total. The molecular weight excluding hydrogens is 701 g/mol. The zero-order chi connectivity index (χ0) is 38.5. The minimum absolute atomic E-state index is 0.120. The van der Waals surface area contributed by atoms with E-state index in [2.05, 4.69) is 84.1 Å². The third-order valence-electron chi connectivity index (χ3n) is 10.7. The smallest absolute Gasteiger partial charge is 0.407 e. The number of nitrogens with zero attached hydrogens (tertiary/aromatic N) is 6. The second-order valence-corrected chi connectivity index (χ2v) is 14.6. The number of alkyl carbamates (subject to hydrolysis) is 1. The van der Waals surface area contributed by atoms with Crippen LogP contribution in [-0.4, -0.2) is 102 Å². The molecule has 5 aromatic rings. The number of carbonyl (C=O) groups excluding carboxylic acids is 2. The lowest BCUT2D eigenvalue weighted by Gasteiger charge is -2.30. The highest BCUT2D eigenvalue weighted by molar-refractivity contribution is 5.86. The summed E-state index contributed by atoms with van der Waals surface area (Å²) >= 11 is 0. The monoisotopic (exact) mass is 748 g/mol. The number of carbonyl (C=O) groups is 3. The van der Waals surface area contributed by atoms with Gasteiger partial charge in [-0.25, -0.2) is 19.6 Å². The summed E-state index contributed by atoms with van der Waals surface area (Å²) in [4.78, 5) is 57.7. The Hall–Kier alpha value is -5.96. The van der Waals surface area contributed by atoms with Gasteiger partial charge in [0.2, 0.25) is 5.91 Å². The fourth-order valence-electron chi connectivity index (χ4n) is 7.68. The van der Waals surface area contributed by atoms with E-state index in [0.29, 0.717) is 18.9 Å². The van der Waals surface area contributed by atoms with E-state index >= 15 is 0 Å². The summed E-state index contributed by atoms with van der Waals surface area (Å²) < 4.78 is 6.40. The molecule has 0 radical (unpaired) electrons. The number of carboxylic acid groups (broad SMARTS) is 1. The molecule has 55 heavy (non-hydrogen) atoms. The molecule has 0 spiro atoms. The van der Waals surface area contributed by atoms with E-state index < -0.39 is 18.2 Å². The SMILES string of the molecule is COC(=O)N[C@@H](Cn1cccn1)C(=O)N1CCC[C@H]1c1ncc(-c2ccc(-c3ccc(-c4cnc([C@@H]5CCCN5C[C@@H](NC(=O)O)C(C)C)[nH]4)cc3)cc2)[nH]1. The van der Waals surface area contributed by atoms with Gasteiger partial charge in [0.15, 0.2) is 0 Å². The van der Waals surface area contributed by atoms with Crippen LogP contribution in [0.2, 0.25) is 0 Å². The van der Waals surface area contributed by atoms with Gasteiger partial charge < -0.3 is 35.3 Å². The van der Waals surface area contributed by atoms with Crippen molar-refractivity contribution in [1.82, 2.24) is 50.1 Å². The molecule has 0 bridgehead atoms. The van der Waals surface area contributed by atoms with Gasteiger partial charge in [-0.1, -0.05) is 62.4 Å². The predicted molar refractivity (Wildman–Crippen MR) is 206 cm³/mol. The van der Waals surface area contributed by atoms with Crippen LogP contribution in [0, 0.1) is 5.92 Å². The molecule has 3 aromatic heterocycles. The van der Waals surface area contributed by atoms with E-state index in [1.807, 2.05) is 20.0 Å². The third kappa shape index (κ3) is 8.56. The van der Waals surface area contributed by atoms with E-state index in [1.54, 1.807) is 34.2 Å². The van der Waals surface area contributed by atoms with E-state index in [4.69, 9.17) is 9.72 Å². The first-order valence-corrected chi connectivity index (χ1v) is 18.8. The van der Waals surface area contributed by atoms with Gasteiger partial charge in [-0.3, -0.25) is 14.4 Å². The van der Waals surface area contributed by atoms with Crippen LogP contribution in [0.1, 0.15) is 63.3 Å². The molecule has 5 N–H and O–H groups in total. The van der Waals surface area contributed by atoms with Crippen molar-refractivity contribution < 1.29 is 24.2 Å². The number of aromatic nitrogens is 6. The Kier molecular flexibility index (Phi) is 11.3. The molecule has 288 valence electrons. The van der Waals surface area contributed by atoms with Crippen molar-refractivity contribution in [3.8, 4) is 33.6 Å². The molecule has 2 saturated heterocycles. The lowest BCUT2D eigenvalue weighted by molar-refractivity contribution is -0.134. The maximum Gasteiger partial charge on any atom is 0.407 e. The van der Waals surface area contributed by atoms with Crippen molar-refractivity contribution in [2.24, 2.45) is 5.92 Å². The van der Waals surface area contributed by atoms with Crippen LogP contribution in [0.15, 0.2) is 79.4 Å². The number of ether oxygens (including phenoxy) is 1. The summed E-state index contributed by atoms with van der Waals surface area (Å²) in [5.41, 5.74) is 5.96. The Morgan fingerprint density at radius 3 is 1.98 bits per heavy atom. The average molecular weight is 749 g/mol. The fraction of sp³-hybridized carbons (Fsp3) is 0.400. The number of methoxy groups -OCH3 is 1. The van der Waals surface area contributed by atoms with Gasteiger partial charge in [0.05, 0.1) is 49.5 Å². The number of benzene rings is 2. The minimum atomic E-state index is -0.992. The summed E-state index contributed by atoms with van der Waals surface area (Å²) in [5.74, 6) is 1.58. The molecule has 4 atom stereocenters. The zero-order valence-electron chi connectivity index (χ0n) is 31.3. The Morgan fingerprint density at radius 2 is 1.42 bits per heavy atom. The largest absolute Gasteiger partial charge is 0.465 e. The van der Waals surface area contributed by atoms with Crippen LogP contribution >= 0.6 is 0 Å². The highest BCUT2D eigenvalue weighted by Crippen LogP contribution is 2.34. The van der Waals surface area contributed by atoms with Crippen LogP contribution in [0.4, 0.5) is 9.59 Å². The highest BCUT2D eigenvalue weighted by Gasteiger charge is 2.37.